The number of nitrogen functional groups attached to an aromatic ring is 1. The number of aromatic nitrogens is 2. The number of nitrogens with zero attached hydrogens (tertiary/aromatic N) is 2. The van der Waals surface area contributed by atoms with E-state index in [9.17, 15) is 9.36 Å². The molecule has 0 radical (unpaired) electrons. The van der Waals surface area contributed by atoms with Gasteiger partial charge in [0.2, 0.25) is 12.2 Å². The summed E-state index contributed by atoms with van der Waals surface area (Å²) in [4.78, 5) is 39.6. The standard InChI is InChI=1S/C10H10N5O6PS2/c11-10-14-7-4(8(16)15-10)12-3-6(24)5(23)2(21-9(3)13-7)1-20-22(17,18)19/h1,9,23-24H,(H2,17,18,19)(H4,11,13,14,15,16)/p-2/b2-1-/t9-/m1/s1. The average molecular weight is 389 g/mol. The van der Waals surface area contributed by atoms with Crippen molar-refractivity contribution in [1.82, 2.24) is 9.97 Å². The van der Waals surface area contributed by atoms with Gasteiger partial charge in [-0.25, -0.2) is 9.56 Å². The summed E-state index contributed by atoms with van der Waals surface area (Å²) in [5.41, 5.74) is 5.01. The van der Waals surface area contributed by atoms with Gasteiger partial charge in [-0.15, -0.1) is 4.91 Å². The van der Waals surface area contributed by atoms with E-state index in [1.807, 2.05) is 0 Å². The Labute approximate surface area is 144 Å². The normalized spacial score (nSPS) is 21.3. The first kappa shape index (κ1) is 16.7. The van der Waals surface area contributed by atoms with Gasteiger partial charge in [0.25, 0.3) is 5.56 Å². The maximum absolute atomic E-state index is 11.9. The molecule has 1 aromatic heterocycles. The third kappa shape index (κ3) is 3.07. The number of phosphoric ester groups is 1. The predicted octanol–water partition coefficient (Wildman–Crippen LogP) is -0.538. The van der Waals surface area contributed by atoms with E-state index >= 15 is 0 Å². The molecule has 3 rings (SSSR count). The van der Waals surface area contributed by atoms with Crippen LogP contribution in [0.2, 0.25) is 0 Å². The number of fused-ring (bicyclic) bond motifs is 2. The van der Waals surface area contributed by atoms with Crippen molar-refractivity contribution in [3.8, 4) is 0 Å². The van der Waals surface area contributed by atoms with Crippen molar-refractivity contribution in [1.29, 1.82) is 0 Å². The molecule has 2 aliphatic rings. The van der Waals surface area contributed by atoms with Gasteiger partial charge in [0.15, 0.2) is 11.5 Å². The Morgan fingerprint density at radius 2 is 2.08 bits per heavy atom. The number of aromatic amines is 1. The third-order valence-electron chi connectivity index (χ3n) is 2.87. The van der Waals surface area contributed by atoms with Crippen molar-refractivity contribution in [3.63, 3.8) is 0 Å². The van der Waals surface area contributed by atoms with Crippen molar-refractivity contribution in [2.75, 3.05) is 11.1 Å². The van der Waals surface area contributed by atoms with Gasteiger partial charge >= 0.3 is 7.82 Å². The second kappa shape index (κ2) is 5.72. The highest BCUT2D eigenvalue weighted by atomic mass is 32.1. The van der Waals surface area contributed by atoms with Gasteiger partial charge in [-0.3, -0.25) is 19.6 Å². The minimum absolute atomic E-state index is 0.0388. The van der Waals surface area contributed by atoms with Crippen LogP contribution in [0.4, 0.5) is 17.5 Å². The van der Waals surface area contributed by atoms with Crippen LogP contribution in [0.3, 0.4) is 0 Å². The van der Waals surface area contributed by atoms with E-state index in [1.54, 1.807) is 0 Å². The van der Waals surface area contributed by atoms with Crippen LogP contribution in [0, 0.1) is 0 Å². The smallest absolute Gasteiger partial charge is 0.524 e. The number of nitrogens with two attached hydrogens (primary N) is 1. The molecule has 1 aromatic rings. The Morgan fingerprint density at radius 3 is 2.75 bits per heavy atom. The van der Waals surface area contributed by atoms with Crippen LogP contribution < -0.4 is 16.6 Å². The first-order chi connectivity index (χ1) is 11.2. The second-order valence-electron chi connectivity index (χ2n) is 4.52. The van der Waals surface area contributed by atoms with Gasteiger partial charge in [-0.2, -0.15) is 9.89 Å². The lowest BCUT2D eigenvalue weighted by molar-refractivity contribution is 0.180. The van der Waals surface area contributed by atoms with E-state index in [4.69, 9.17) is 45.5 Å². The van der Waals surface area contributed by atoms with Crippen LogP contribution in [-0.4, -0.2) is 31.7 Å². The average Bonchev–Trinajstić information content (AvgIpc) is 2.47. The van der Waals surface area contributed by atoms with E-state index in [0.29, 0.717) is 6.26 Å². The molecule has 128 valence electrons. The molecule has 0 bridgehead atoms. The molecular weight excluding hydrogens is 381 g/mol. The van der Waals surface area contributed by atoms with E-state index in [1.165, 1.54) is 0 Å². The topological polar surface area (TPSA) is 172 Å². The van der Waals surface area contributed by atoms with Crippen LogP contribution in [0.5, 0.6) is 0 Å². The summed E-state index contributed by atoms with van der Waals surface area (Å²) >= 11 is 10.2. The molecular formula is C10H8N5O6PS2-2. The molecule has 0 unspecified atom stereocenters. The van der Waals surface area contributed by atoms with Crippen LogP contribution >= 0.6 is 7.82 Å². The maximum Gasteiger partial charge on any atom is 0.524 e. The van der Waals surface area contributed by atoms with Gasteiger partial charge in [0.05, 0.1) is 5.71 Å². The molecule has 3 heterocycles. The lowest BCUT2D eigenvalue weighted by atomic mass is 10.2. The van der Waals surface area contributed by atoms with Crippen LogP contribution in [0.25, 0.3) is 0 Å². The summed E-state index contributed by atoms with van der Waals surface area (Å²) in [6, 6.07) is 0. The summed E-state index contributed by atoms with van der Waals surface area (Å²) < 4.78 is 20.5. The summed E-state index contributed by atoms with van der Waals surface area (Å²) in [5, 5.41) is 2.76. The zero-order valence-electron chi connectivity index (χ0n) is 11.4. The highest BCUT2D eigenvalue weighted by Crippen LogP contribution is 2.39. The van der Waals surface area contributed by atoms with Gasteiger partial charge in [0.1, 0.15) is 12.0 Å². The number of phosphoric acid groups is 1. The summed E-state index contributed by atoms with van der Waals surface area (Å²) in [6.07, 6.45) is -0.305. The minimum atomic E-state index is -4.77. The van der Waals surface area contributed by atoms with E-state index in [-0.39, 0.29) is 38.7 Å². The molecule has 0 fully saturated rings. The lowest BCUT2D eigenvalue weighted by Crippen LogP contribution is -2.40. The summed E-state index contributed by atoms with van der Waals surface area (Å²) in [6.45, 7) is 0. The van der Waals surface area contributed by atoms with Crippen LogP contribution in [0.15, 0.2) is 31.6 Å². The molecule has 24 heavy (non-hydrogen) atoms. The molecule has 0 aromatic carbocycles. The molecule has 0 saturated carbocycles. The van der Waals surface area contributed by atoms with Crippen molar-refractivity contribution in [3.05, 3.63) is 32.2 Å². The van der Waals surface area contributed by atoms with E-state index in [0.717, 1.165) is 0 Å². The monoisotopic (exact) mass is 389 g/mol. The Hall–Kier alpha value is -2.18. The fourth-order valence-electron chi connectivity index (χ4n) is 1.92. The van der Waals surface area contributed by atoms with Gasteiger partial charge in [0, 0.05) is 0 Å². The van der Waals surface area contributed by atoms with Crippen LogP contribution in [-0.2, 0) is 39.1 Å². The highest BCUT2D eigenvalue weighted by molar-refractivity contribution is 7.69. The number of H-pyrrole nitrogens is 1. The van der Waals surface area contributed by atoms with Crippen molar-refractivity contribution < 1.29 is 23.6 Å². The molecule has 1 atom stereocenters. The highest BCUT2D eigenvalue weighted by Gasteiger charge is 2.30. The predicted molar refractivity (Wildman–Crippen MR) is 87.8 cm³/mol. The lowest BCUT2D eigenvalue weighted by Gasteiger charge is -2.40. The van der Waals surface area contributed by atoms with E-state index in [2.05, 4.69) is 24.8 Å². The molecule has 0 amide bonds. The molecule has 2 aliphatic heterocycles. The maximum atomic E-state index is 11.9. The van der Waals surface area contributed by atoms with Crippen molar-refractivity contribution in [2.45, 2.75) is 6.23 Å². The molecule has 0 spiro atoms. The van der Waals surface area contributed by atoms with Crippen molar-refractivity contribution in [2.24, 2.45) is 4.99 Å². The zero-order chi connectivity index (χ0) is 17.6. The number of ether oxygens (including phenoxy) is 1. The molecule has 14 heteroatoms. The first-order valence-corrected chi connectivity index (χ1v) is 8.45. The quantitative estimate of drug-likeness (QED) is 0.250. The Balaban J connectivity index is 2.06. The van der Waals surface area contributed by atoms with Gasteiger partial charge in [-0.1, -0.05) is 0 Å². The Morgan fingerprint density at radius 1 is 1.38 bits per heavy atom. The second-order valence-corrected chi connectivity index (χ2v) is 6.53. The number of aliphatic imine (C=N–C) groups is 1. The van der Waals surface area contributed by atoms with E-state index < -0.39 is 19.6 Å². The first-order valence-electron chi connectivity index (χ1n) is 6.10. The summed E-state index contributed by atoms with van der Waals surface area (Å²) in [5.74, 6) is -0.230. The number of nitrogens with one attached hydrogen (secondary N) is 2. The Kier molecular flexibility index (Phi) is 3.97. The number of anilines is 2. The third-order valence-corrected chi connectivity index (χ3v) is 4.19. The largest absolute Gasteiger partial charge is 0.779 e. The van der Waals surface area contributed by atoms with Gasteiger partial charge in [-0.05, 0) is 0 Å². The van der Waals surface area contributed by atoms with Crippen LogP contribution in [0.1, 0.15) is 0 Å². The molecule has 0 saturated heterocycles. The minimum Gasteiger partial charge on any atom is -0.779 e. The van der Waals surface area contributed by atoms with Gasteiger partial charge < -0.3 is 45.6 Å². The number of hydrogen-bond donors (Lipinski definition) is 5. The molecule has 6 N–H and O–H groups in total. The van der Waals surface area contributed by atoms with Crippen molar-refractivity contribution >= 4 is 56.2 Å². The molecule has 11 nitrogen and oxygen atoms in total. The fraction of sp³-hybridized carbons (Fsp3) is 0.100. The molecule has 0 aliphatic carbocycles. The zero-order valence-corrected chi connectivity index (χ0v) is 13.9. The number of rotatable bonds is 2. The number of hydrogen-bond acceptors (Lipinski definition) is 10. The summed E-state index contributed by atoms with van der Waals surface area (Å²) in [7, 11) is -4.77. The fourth-order valence-corrected chi connectivity index (χ4v) is 2.61. The SMILES string of the molecule is Nc1nc2c(c(=O)[nH]1)N=C1C([S-])=C([S-])/C(=C/OP(=O)(O)O)O[C@H]1N2. The Bertz CT molecular complexity index is 919.